The first-order chi connectivity index (χ1) is 10.5. The van der Waals surface area contributed by atoms with Gasteiger partial charge in [-0.25, -0.2) is 0 Å². The van der Waals surface area contributed by atoms with Crippen LogP contribution in [0.2, 0.25) is 0 Å². The highest BCUT2D eigenvalue weighted by molar-refractivity contribution is 5.76. The summed E-state index contributed by atoms with van der Waals surface area (Å²) < 4.78 is 11.4. The highest BCUT2D eigenvalue weighted by Crippen LogP contribution is 2.35. The summed E-state index contributed by atoms with van der Waals surface area (Å²) in [6.45, 7) is 7.02. The molecule has 1 amide bonds. The first-order valence-electron chi connectivity index (χ1n) is 7.92. The van der Waals surface area contributed by atoms with Gasteiger partial charge in [-0.1, -0.05) is 12.1 Å². The first-order valence-corrected chi connectivity index (χ1v) is 7.92. The van der Waals surface area contributed by atoms with Crippen molar-refractivity contribution in [3.63, 3.8) is 0 Å². The molecule has 2 aliphatic heterocycles. The molecule has 5 nitrogen and oxygen atoms in total. The molecular formula is C17H24N2O3. The Bertz CT molecular complexity index is 551. The van der Waals surface area contributed by atoms with Gasteiger partial charge in [0, 0.05) is 26.1 Å². The predicted molar refractivity (Wildman–Crippen MR) is 83.9 cm³/mol. The Labute approximate surface area is 131 Å². The lowest BCUT2D eigenvalue weighted by Gasteiger charge is -2.23. The van der Waals surface area contributed by atoms with Crippen molar-refractivity contribution in [2.45, 2.75) is 44.9 Å². The SMILES string of the molecule is CC1(C)Cc2cc(CNC(=O)C[C@@H]3CNCCO3)ccc2O1. The van der Waals surface area contributed by atoms with Crippen molar-refractivity contribution < 1.29 is 14.3 Å². The zero-order valence-corrected chi connectivity index (χ0v) is 13.3. The van der Waals surface area contributed by atoms with Crippen molar-refractivity contribution in [3.05, 3.63) is 29.3 Å². The standard InChI is InChI=1S/C17H24N2O3/c1-17(2)9-13-7-12(3-4-15(13)22-17)10-19-16(20)8-14-11-18-5-6-21-14/h3-4,7,14,18H,5-6,8-11H2,1-2H3,(H,19,20)/t14-/m1/s1. The van der Waals surface area contributed by atoms with Crippen LogP contribution in [0.25, 0.3) is 0 Å². The smallest absolute Gasteiger partial charge is 0.222 e. The molecular weight excluding hydrogens is 280 g/mol. The third kappa shape index (κ3) is 3.78. The zero-order valence-electron chi connectivity index (χ0n) is 13.3. The predicted octanol–water partition coefficient (Wildman–Crippen LogP) is 1.39. The average molecular weight is 304 g/mol. The van der Waals surface area contributed by atoms with Crippen LogP contribution in [0.15, 0.2) is 18.2 Å². The molecule has 0 aliphatic carbocycles. The van der Waals surface area contributed by atoms with Crippen LogP contribution < -0.4 is 15.4 Å². The van der Waals surface area contributed by atoms with Crippen molar-refractivity contribution in [3.8, 4) is 5.75 Å². The number of carbonyl (C=O) groups excluding carboxylic acids is 1. The van der Waals surface area contributed by atoms with Crippen LogP contribution in [0.3, 0.4) is 0 Å². The highest BCUT2D eigenvalue weighted by atomic mass is 16.5. The molecule has 1 atom stereocenters. The number of ether oxygens (including phenoxy) is 2. The van der Waals surface area contributed by atoms with E-state index in [0.29, 0.717) is 19.6 Å². The molecule has 1 aromatic rings. The molecule has 2 aliphatic rings. The van der Waals surface area contributed by atoms with Crippen LogP contribution in [0.1, 0.15) is 31.4 Å². The fourth-order valence-electron chi connectivity index (χ4n) is 3.00. The molecule has 1 fully saturated rings. The minimum Gasteiger partial charge on any atom is -0.487 e. The van der Waals surface area contributed by atoms with Gasteiger partial charge in [-0.2, -0.15) is 0 Å². The van der Waals surface area contributed by atoms with E-state index >= 15 is 0 Å². The van der Waals surface area contributed by atoms with Gasteiger partial charge in [-0.3, -0.25) is 4.79 Å². The quantitative estimate of drug-likeness (QED) is 0.883. The van der Waals surface area contributed by atoms with Gasteiger partial charge in [0.1, 0.15) is 11.4 Å². The summed E-state index contributed by atoms with van der Waals surface area (Å²) in [5.41, 5.74) is 2.20. The molecule has 0 aromatic heterocycles. The Kier molecular flexibility index (Phi) is 4.36. The molecule has 1 aromatic carbocycles. The van der Waals surface area contributed by atoms with E-state index in [0.717, 1.165) is 30.8 Å². The van der Waals surface area contributed by atoms with E-state index < -0.39 is 0 Å². The highest BCUT2D eigenvalue weighted by Gasteiger charge is 2.29. The molecule has 2 heterocycles. The molecule has 2 N–H and O–H groups in total. The van der Waals surface area contributed by atoms with Gasteiger partial charge >= 0.3 is 0 Å². The number of carbonyl (C=O) groups is 1. The summed E-state index contributed by atoms with van der Waals surface area (Å²) in [5, 5.41) is 6.20. The molecule has 0 spiro atoms. The second-order valence-corrected chi connectivity index (χ2v) is 6.66. The van der Waals surface area contributed by atoms with Crippen molar-refractivity contribution in [2.75, 3.05) is 19.7 Å². The summed E-state index contributed by atoms with van der Waals surface area (Å²) in [6.07, 6.45) is 1.31. The van der Waals surface area contributed by atoms with Crippen LogP contribution >= 0.6 is 0 Å². The largest absolute Gasteiger partial charge is 0.487 e. The topological polar surface area (TPSA) is 59.6 Å². The number of nitrogens with one attached hydrogen (secondary N) is 2. The van der Waals surface area contributed by atoms with Crippen molar-refractivity contribution >= 4 is 5.91 Å². The Morgan fingerprint density at radius 2 is 2.32 bits per heavy atom. The third-order valence-electron chi connectivity index (χ3n) is 4.03. The van der Waals surface area contributed by atoms with E-state index in [2.05, 4.69) is 30.5 Å². The Hall–Kier alpha value is -1.59. The molecule has 3 rings (SSSR count). The molecule has 5 heteroatoms. The summed E-state index contributed by atoms with van der Waals surface area (Å²) in [5.74, 6) is 0.993. The van der Waals surface area contributed by atoms with E-state index in [-0.39, 0.29) is 17.6 Å². The summed E-state index contributed by atoms with van der Waals surface area (Å²) in [4.78, 5) is 12.0. The van der Waals surface area contributed by atoms with Gasteiger partial charge in [0.2, 0.25) is 5.91 Å². The second-order valence-electron chi connectivity index (χ2n) is 6.66. The third-order valence-corrected chi connectivity index (χ3v) is 4.03. The van der Waals surface area contributed by atoms with Crippen LogP contribution in [0.4, 0.5) is 0 Å². The van der Waals surface area contributed by atoms with Gasteiger partial charge in [0.05, 0.1) is 19.1 Å². The first kappa shape index (κ1) is 15.3. The van der Waals surface area contributed by atoms with Crippen LogP contribution in [-0.4, -0.2) is 37.3 Å². The van der Waals surface area contributed by atoms with Gasteiger partial charge in [-0.05, 0) is 31.0 Å². The number of morpholine rings is 1. The molecule has 0 unspecified atom stereocenters. The van der Waals surface area contributed by atoms with Crippen LogP contribution in [0.5, 0.6) is 5.75 Å². The lowest BCUT2D eigenvalue weighted by Crippen LogP contribution is -2.41. The molecule has 0 saturated carbocycles. The van der Waals surface area contributed by atoms with Crippen LogP contribution in [-0.2, 0) is 22.5 Å². The molecule has 22 heavy (non-hydrogen) atoms. The summed E-state index contributed by atoms with van der Waals surface area (Å²) >= 11 is 0. The Balaban J connectivity index is 1.51. The Morgan fingerprint density at radius 1 is 1.45 bits per heavy atom. The summed E-state index contributed by atoms with van der Waals surface area (Å²) in [6, 6.07) is 6.14. The Morgan fingerprint density at radius 3 is 3.09 bits per heavy atom. The van der Waals surface area contributed by atoms with Crippen molar-refractivity contribution in [1.29, 1.82) is 0 Å². The number of fused-ring (bicyclic) bond motifs is 1. The van der Waals surface area contributed by atoms with Crippen molar-refractivity contribution in [1.82, 2.24) is 10.6 Å². The maximum absolute atomic E-state index is 12.0. The van der Waals surface area contributed by atoms with Gasteiger partial charge < -0.3 is 20.1 Å². The van der Waals surface area contributed by atoms with E-state index in [1.165, 1.54) is 5.56 Å². The molecule has 0 radical (unpaired) electrons. The minimum atomic E-state index is -0.129. The molecule has 120 valence electrons. The normalized spacial score (nSPS) is 22.7. The minimum absolute atomic E-state index is 0.0111. The molecule has 1 saturated heterocycles. The van der Waals surface area contributed by atoms with Crippen LogP contribution in [0, 0.1) is 0 Å². The maximum atomic E-state index is 12.0. The number of hydrogen-bond acceptors (Lipinski definition) is 4. The van der Waals surface area contributed by atoms with E-state index in [1.54, 1.807) is 0 Å². The number of benzene rings is 1. The lowest BCUT2D eigenvalue weighted by molar-refractivity contribution is -0.124. The number of amides is 1. The number of hydrogen-bond donors (Lipinski definition) is 2. The van der Waals surface area contributed by atoms with Gasteiger partial charge in [-0.15, -0.1) is 0 Å². The van der Waals surface area contributed by atoms with E-state index in [9.17, 15) is 4.79 Å². The second kappa shape index (κ2) is 6.26. The summed E-state index contributed by atoms with van der Waals surface area (Å²) in [7, 11) is 0. The monoisotopic (exact) mass is 304 g/mol. The lowest BCUT2D eigenvalue weighted by atomic mass is 10.0. The zero-order chi connectivity index (χ0) is 15.6. The van der Waals surface area contributed by atoms with Crippen molar-refractivity contribution in [2.24, 2.45) is 0 Å². The average Bonchev–Trinajstić information content (AvgIpc) is 2.79. The van der Waals surface area contributed by atoms with Gasteiger partial charge in [0.15, 0.2) is 0 Å². The van der Waals surface area contributed by atoms with Gasteiger partial charge in [0.25, 0.3) is 0 Å². The fourth-order valence-corrected chi connectivity index (χ4v) is 3.00. The fraction of sp³-hybridized carbons (Fsp3) is 0.588. The number of rotatable bonds is 4. The molecule has 0 bridgehead atoms. The van der Waals surface area contributed by atoms with E-state index in [1.807, 2.05) is 12.1 Å². The van der Waals surface area contributed by atoms with E-state index in [4.69, 9.17) is 9.47 Å². The maximum Gasteiger partial charge on any atom is 0.222 e.